The van der Waals surface area contributed by atoms with Gasteiger partial charge in [0.05, 0.1) is 12.7 Å². The molecule has 4 heteroatoms. The van der Waals surface area contributed by atoms with Gasteiger partial charge in [0.1, 0.15) is 5.54 Å². The third-order valence-corrected chi connectivity index (χ3v) is 3.64. The molecule has 0 saturated carbocycles. The number of ether oxygens (including phenoxy) is 2. The molecule has 0 aromatic rings. The number of esters is 1. The van der Waals surface area contributed by atoms with Crippen LogP contribution in [0.2, 0.25) is 0 Å². The fraction of sp³-hybridized carbons (Fsp3) is 0.941. The van der Waals surface area contributed by atoms with Crippen LogP contribution in [0.15, 0.2) is 0 Å². The first-order valence-electron chi connectivity index (χ1n) is 8.54. The van der Waals surface area contributed by atoms with E-state index in [-0.39, 0.29) is 12.1 Å². The maximum atomic E-state index is 12.1. The van der Waals surface area contributed by atoms with E-state index in [2.05, 4.69) is 12.2 Å². The van der Waals surface area contributed by atoms with Gasteiger partial charge in [-0.15, -0.1) is 0 Å². The summed E-state index contributed by atoms with van der Waals surface area (Å²) in [5.41, 5.74) is -0.660. The van der Waals surface area contributed by atoms with Gasteiger partial charge in [0.2, 0.25) is 0 Å². The molecular weight excluding hydrogens is 266 g/mol. The number of carbonyl (C=O) groups excluding carboxylic acids is 1. The first kappa shape index (κ1) is 20.4. The van der Waals surface area contributed by atoms with Crippen LogP contribution in [0.4, 0.5) is 0 Å². The Labute approximate surface area is 131 Å². The summed E-state index contributed by atoms with van der Waals surface area (Å²) in [6.45, 7) is 11.9. The topological polar surface area (TPSA) is 47.6 Å². The molecule has 0 aliphatic carbocycles. The van der Waals surface area contributed by atoms with Crippen LogP contribution in [0.1, 0.15) is 73.1 Å². The van der Waals surface area contributed by atoms with Crippen molar-refractivity contribution < 1.29 is 14.3 Å². The molecule has 0 aliphatic rings. The molecular formula is C17H35NO3. The van der Waals surface area contributed by atoms with Crippen molar-refractivity contribution in [3.63, 3.8) is 0 Å². The smallest absolute Gasteiger partial charge is 0.326 e. The van der Waals surface area contributed by atoms with Crippen molar-refractivity contribution >= 4 is 5.97 Å². The van der Waals surface area contributed by atoms with E-state index in [4.69, 9.17) is 9.47 Å². The number of rotatable bonds is 13. The molecule has 21 heavy (non-hydrogen) atoms. The second kappa shape index (κ2) is 12.0. The lowest BCUT2D eigenvalue weighted by atomic mass is 9.94. The largest absolute Gasteiger partial charge is 0.465 e. The van der Waals surface area contributed by atoms with Crippen molar-refractivity contribution in [2.75, 3.05) is 19.8 Å². The second-order valence-corrected chi connectivity index (χ2v) is 5.88. The van der Waals surface area contributed by atoms with Crippen molar-refractivity contribution in [2.45, 2.75) is 84.8 Å². The van der Waals surface area contributed by atoms with Crippen molar-refractivity contribution in [3.8, 4) is 0 Å². The highest BCUT2D eigenvalue weighted by atomic mass is 16.5. The molecule has 1 N–H and O–H groups in total. The summed E-state index contributed by atoms with van der Waals surface area (Å²) in [7, 11) is 0. The zero-order valence-corrected chi connectivity index (χ0v) is 14.7. The quantitative estimate of drug-likeness (QED) is 0.416. The Morgan fingerprint density at radius 3 is 2.38 bits per heavy atom. The van der Waals surface area contributed by atoms with E-state index in [9.17, 15) is 4.79 Å². The molecule has 0 radical (unpaired) electrons. The minimum atomic E-state index is -0.660. The van der Waals surface area contributed by atoms with Gasteiger partial charge in [0, 0.05) is 13.0 Å². The third-order valence-electron chi connectivity index (χ3n) is 3.64. The molecule has 0 fully saturated rings. The summed E-state index contributed by atoms with van der Waals surface area (Å²) in [6, 6.07) is 0. The Bertz CT molecular complexity index is 271. The van der Waals surface area contributed by atoms with Crippen LogP contribution in [-0.4, -0.2) is 37.4 Å². The lowest BCUT2D eigenvalue weighted by Crippen LogP contribution is -2.52. The molecule has 0 aliphatic heterocycles. The Hall–Kier alpha value is -0.610. The third kappa shape index (κ3) is 9.10. The van der Waals surface area contributed by atoms with Gasteiger partial charge < -0.3 is 14.8 Å². The SMILES string of the molecule is CCCCCCCOC(C)CC(C)(NCC)C(=O)OCC. The average Bonchev–Trinajstić information content (AvgIpc) is 2.43. The van der Waals surface area contributed by atoms with Gasteiger partial charge in [0.25, 0.3) is 0 Å². The molecule has 0 rings (SSSR count). The molecule has 0 saturated heterocycles. The summed E-state index contributed by atoms with van der Waals surface area (Å²) in [6.07, 6.45) is 6.85. The lowest BCUT2D eigenvalue weighted by molar-refractivity contribution is -0.152. The van der Waals surface area contributed by atoms with E-state index < -0.39 is 5.54 Å². The molecule has 2 atom stereocenters. The number of hydrogen-bond donors (Lipinski definition) is 1. The summed E-state index contributed by atoms with van der Waals surface area (Å²) >= 11 is 0. The van der Waals surface area contributed by atoms with Crippen LogP contribution in [0.5, 0.6) is 0 Å². The summed E-state index contributed by atoms with van der Waals surface area (Å²) in [5, 5.41) is 3.24. The van der Waals surface area contributed by atoms with Gasteiger partial charge >= 0.3 is 5.97 Å². The maximum Gasteiger partial charge on any atom is 0.326 e. The van der Waals surface area contributed by atoms with E-state index in [1.165, 1.54) is 25.7 Å². The monoisotopic (exact) mass is 301 g/mol. The molecule has 0 heterocycles. The molecule has 0 aromatic heterocycles. The average molecular weight is 301 g/mol. The fourth-order valence-corrected chi connectivity index (χ4v) is 2.53. The Morgan fingerprint density at radius 2 is 1.81 bits per heavy atom. The highest BCUT2D eigenvalue weighted by Gasteiger charge is 2.35. The van der Waals surface area contributed by atoms with E-state index in [1.807, 2.05) is 27.7 Å². The number of carbonyl (C=O) groups is 1. The van der Waals surface area contributed by atoms with Crippen LogP contribution < -0.4 is 5.32 Å². The van der Waals surface area contributed by atoms with E-state index in [0.717, 1.165) is 19.6 Å². The molecule has 2 unspecified atom stereocenters. The predicted molar refractivity (Wildman–Crippen MR) is 87.5 cm³/mol. The number of hydrogen-bond acceptors (Lipinski definition) is 4. The molecule has 126 valence electrons. The van der Waals surface area contributed by atoms with Gasteiger partial charge in [-0.1, -0.05) is 39.5 Å². The van der Waals surface area contributed by atoms with Crippen LogP contribution in [-0.2, 0) is 14.3 Å². The Kier molecular flexibility index (Phi) is 11.6. The molecule has 0 amide bonds. The second-order valence-electron chi connectivity index (χ2n) is 5.88. The van der Waals surface area contributed by atoms with Gasteiger partial charge in [-0.3, -0.25) is 4.79 Å². The zero-order chi connectivity index (χ0) is 16.1. The minimum absolute atomic E-state index is 0.0460. The van der Waals surface area contributed by atoms with Gasteiger partial charge in [0.15, 0.2) is 0 Å². The Morgan fingerprint density at radius 1 is 1.14 bits per heavy atom. The molecule has 0 aromatic carbocycles. The van der Waals surface area contributed by atoms with E-state index in [1.54, 1.807) is 0 Å². The van der Waals surface area contributed by atoms with Crippen LogP contribution >= 0.6 is 0 Å². The number of likely N-dealkylation sites (N-methyl/N-ethyl adjacent to an activating group) is 1. The van der Waals surface area contributed by atoms with Gasteiger partial charge in [-0.25, -0.2) is 0 Å². The van der Waals surface area contributed by atoms with Crippen molar-refractivity contribution in [1.29, 1.82) is 0 Å². The first-order chi connectivity index (χ1) is 10.00. The van der Waals surface area contributed by atoms with Crippen molar-refractivity contribution in [1.82, 2.24) is 5.32 Å². The van der Waals surface area contributed by atoms with E-state index >= 15 is 0 Å². The van der Waals surface area contributed by atoms with E-state index in [0.29, 0.717) is 13.0 Å². The standard InChI is InChI=1S/C17H35NO3/c1-6-9-10-11-12-13-21-15(4)14-17(5,18-7-2)16(19)20-8-3/h15,18H,6-14H2,1-5H3. The fourth-order valence-electron chi connectivity index (χ4n) is 2.53. The highest BCUT2D eigenvalue weighted by Crippen LogP contribution is 2.17. The normalized spacial score (nSPS) is 15.5. The van der Waals surface area contributed by atoms with Crippen molar-refractivity contribution in [3.05, 3.63) is 0 Å². The zero-order valence-electron chi connectivity index (χ0n) is 14.7. The minimum Gasteiger partial charge on any atom is -0.465 e. The molecule has 0 bridgehead atoms. The van der Waals surface area contributed by atoms with Gasteiger partial charge in [-0.2, -0.15) is 0 Å². The van der Waals surface area contributed by atoms with Crippen LogP contribution in [0, 0.1) is 0 Å². The summed E-state index contributed by atoms with van der Waals surface area (Å²) < 4.78 is 11.0. The predicted octanol–water partition coefficient (Wildman–Crippen LogP) is 3.68. The summed E-state index contributed by atoms with van der Waals surface area (Å²) in [4.78, 5) is 12.1. The molecule has 0 spiro atoms. The summed E-state index contributed by atoms with van der Waals surface area (Å²) in [5.74, 6) is -0.190. The first-order valence-corrected chi connectivity index (χ1v) is 8.54. The van der Waals surface area contributed by atoms with Crippen LogP contribution in [0.3, 0.4) is 0 Å². The number of nitrogens with one attached hydrogen (secondary N) is 1. The lowest BCUT2D eigenvalue weighted by Gasteiger charge is -2.30. The van der Waals surface area contributed by atoms with Gasteiger partial charge in [-0.05, 0) is 33.7 Å². The highest BCUT2D eigenvalue weighted by molar-refractivity contribution is 5.80. The number of unbranched alkanes of at least 4 members (excludes halogenated alkanes) is 4. The Balaban J connectivity index is 4.10. The maximum absolute atomic E-state index is 12.1. The van der Waals surface area contributed by atoms with Crippen molar-refractivity contribution in [2.24, 2.45) is 0 Å². The van der Waals surface area contributed by atoms with Crippen LogP contribution in [0.25, 0.3) is 0 Å². The molecule has 4 nitrogen and oxygen atoms in total.